The van der Waals surface area contributed by atoms with Gasteiger partial charge in [0.15, 0.2) is 0 Å². The Morgan fingerprint density at radius 3 is 2.53 bits per heavy atom. The molecule has 0 spiro atoms. The third-order valence-electron chi connectivity index (χ3n) is 2.11. The van der Waals surface area contributed by atoms with Gasteiger partial charge in [0.1, 0.15) is 6.10 Å². The summed E-state index contributed by atoms with van der Waals surface area (Å²) in [6, 6.07) is 4.81. The van der Waals surface area contributed by atoms with Crippen LogP contribution in [0, 0.1) is 0 Å². The Hall–Kier alpha value is -0.260. The Balaban J connectivity index is 3.01. The van der Waals surface area contributed by atoms with E-state index in [-0.39, 0.29) is 12.4 Å². The summed E-state index contributed by atoms with van der Waals surface area (Å²) in [6.45, 7) is -0.131. The van der Waals surface area contributed by atoms with Crippen LogP contribution >= 0.6 is 24.2 Å². The highest BCUT2D eigenvalue weighted by Crippen LogP contribution is 2.26. The predicted molar refractivity (Wildman–Crippen MR) is 62.2 cm³/mol. The van der Waals surface area contributed by atoms with Crippen LogP contribution < -0.4 is 0 Å². The third-order valence-corrected chi connectivity index (χ3v) is 2.83. The van der Waals surface area contributed by atoms with E-state index in [1.165, 1.54) is 0 Å². The Bertz CT molecular complexity index is 332. The third kappa shape index (κ3) is 3.09. The summed E-state index contributed by atoms with van der Waals surface area (Å²) in [7, 11) is 0. The van der Waals surface area contributed by atoms with E-state index in [9.17, 15) is 10.2 Å². The first-order chi connectivity index (χ1) is 7.10. The van der Waals surface area contributed by atoms with Gasteiger partial charge in [-0.2, -0.15) is 12.6 Å². The standard InChI is InChI=1S/C10H13ClO3S/c11-8-2-1-6(4-12)3-7(8)10(14)9(13)5-15/h1-3,9-10,12-15H,4-5H2. The van der Waals surface area contributed by atoms with Crippen LogP contribution in [-0.2, 0) is 6.61 Å². The van der Waals surface area contributed by atoms with Crippen molar-refractivity contribution >= 4 is 24.2 Å². The highest BCUT2D eigenvalue weighted by Gasteiger charge is 2.19. The maximum absolute atomic E-state index is 9.72. The number of thiol groups is 1. The second-order valence-corrected chi connectivity index (χ2v) is 3.98. The summed E-state index contributed by atoms with van der Waals surface area (Å²) < 4.78 is 0. The number of aliphatic hydroxyl groups excluding tert-OH is 3. The van der Waals surface area contributed by atoms with Crippen molar-refractivity contribution in [2.75, 3.05) is 5.75 Å². The summed E-state index contributed by atoms with van der Waals surface area (Å²) in [5.74, 6) is 0.140. The first-order valence-corrected chi connectivity index (χ1v) is 5.47. The van der Waals surface area contributed by atoms with Gasteiger partial charge in [0.05, 0.1) is 12.7 Å². The number of aliphatic hydroxyl groups is 3. The number of rotatable bonds is 4. The summed E-state index contributed by atoms with van der Waals surface area (Å²) in [4.78, 5) is 0. The number of hydrogen-bond donors (Lipinski definition) is 4. The first kappa shape index (κ1) is 12.8. The predicted octanol–water partition coefficient (Wildman–Crippen LogP) is 1.16. The van der Waals surface area contributed by atoms with Crippen LogP contribution in [0.4, 0.5) is 0 Å². The lowest BCUT2D eigenvalue weighted by molar-refractivity contribution is 0.0337. The lowest BCUT2D eigenvalue weighted by Gasteiger charge is -2.18. The summed E-state index contributed by atoms with van der Waals surface area (Å²) >= 11 is 9.76. The van der Waals surface area contributed by atoms with Gasteiger partial charge in [0.25, 0.3) is 0 Å². The van der Waals surface area contributed by atoms with Crippen molar-refractivity contribution in [3.63, 3.8) is 0 Å². The van der Waals surface area contributed by atoms with E-state index in [1.807, 2.05) is 0 Å². The van der Waals surface area contributed by atoms with Crippen molar-refractivity contribution in [1.82, 2.24) is 0 Å². The molecule has 0 amide bonds. The van der Waals surface area contributed by atoms with Gasteiger partial charge in [-0.3, -0.25) is 0 Å². The van der Waals surface area contributed by atoms with E-state index in [0.717, 1.165) is 0 Å². The fraction of sp³-hybridized carbons (Fsp3) is 0.400. The van der Waals surface area contributed by atoms with Crippen LogP contribution in [0.3, 0.4) is 0 Å². The van der Waals surface area contributed by atoms with E-state index in [2.05, 4.69) is 12.6 Å². The van der Waals surface area contributed by atoms with Crippen molar-refractivity contribution in [2.45, 2.75) is 18.8 Å². The van der Waals surface area contributed by atoms with Crippen molar-refractivity contribution < 1.29 is 15.3 Å². The van der Waals surface area contributed by atoms with E-state index < -0.39 is 12.2 Å². The molecule has 0 heterocycles. The van der Waals surface area contributed by atoms with Crippen LogP contribution in [0.5, 0.6) is 0 Å². The molecule has 1 aromatic rings. The van der Waals surface area contributed by atoms with E-state index in [1.54, 1.807) is 18.2 Å². The van der Waals surface area contributed by atoms with Gasteiger partial charge in [-0.25, -0.2) is 0 Å². The van der Waals surface area contributed by atoms with Gasteiger partial charge in [-0.05, 0) is 17.7 Å². The van der Waals surface area contributed by atoms with Crippen molar-refractivity contribution in [3.8, 4) is 0 Å². The zero-order valence-corrected chi connectivity index (χ0v) is 9.62. The molecule has 0 aliphatic carbocycles. The maximum Gasteiger partial charge on any atom is 0.107 e. The molecule has 5 heteroatoms. The van der Waals surface area contributed by atoms with Gasteiger partial charge < -0.3 is 15.3 Å². The molecule has 15 heavy (non-hydrogen) atoms. The average Bonchev–Trinajstić information content (AvgIpc) is 2.27. The Labute approximate surface area is 98.7 Å². The molecule has 0 saturated carbocycles. The molecule has 0 aliphatic heterocycles. The minimum absolute atomic E-state index is 0.131. The molecule has 0 aromatic heterocycles. The molecule has 3 nitrogen and oxygen atoms in total. The average molecular weight is 249 g/mol. The van der Waals surface area contributed by atoms with Crippen LogP contribution in [0.25, 0.3) is 0 Å². The van der Waals surface area contributed by atoms with Crippen molar-refractivity contribution in [2.24, 2.45) is 0 Å². The molecule has 3 N–H and O–H groups in total. The monoisotopic (exact) mass is 248 g/mol. The van der Waals surface area contributed by atoms with E-state index in [0.29, 0.717) is 16.1 Å². The van der Waals surface area contributed by atoms with E-state index in [4.69, 9.17) is 16.7 Å². The van der Waals surface area contributed by atoms with Crippen molar-refractivity contribution in [1.29, 1.82) is 0 Å². The largest absolute Gasteiger partial charge is 0.392 e. The van der Waals surface area contributed by atoms with Gasteiger partial charge in [0.2, 0.25) is 0 Å². The van der Waals surface area contributed by atoms with Gasteiger partial charge >= 0.3 is 0 Å². The Morgan fingerprint density at radius 1 is 1.33 bits per heavy atom. The van der Waals surface area contributed by atoms with Gasteiger partial charge in [-0.1, -0.05) is 17.7 Å². The smallest absolute Gasteiger partial charge is 0.107 e. The molecule has 2 atom stereocenters. The number of benzene rings is 1. The number of halogens is 1. The van der Waals surface area contributed by atoms with Crippen LogP contribution in [-0.4, -0.2) is 27.2 Å². The Kier molecular flexibility index (Phi) is 4.89. The normalized spacial score (nSPS) is 15.0. The molecule has 0 saturated heterocycles. The van der Waals surface area contributed by atoms with Crippen LogP contribution in [0.1, 0.15) is 17.2 Å². The topological polar surface area (TPSA) is 60.7 Å². The highest BCUT2D eigenvalue weighted by atomic mass is 35.5. The molecule has 0 radical (unpaired) electrons. The summed E-state index contributed by atoms with van der Waals surface area (Å²) in [5, 5.41) is 28.4. The molecule has 2 unspecified atom stereocenters. The second kappa shape index (κ2) is 5.72. The van der Waals surface area contributed by atoms with Crippen molar-refractivity contribution in [3.05, 3.63) is 34.3 Å². The SMILES string of the molecule is OCc1ccc(Cl)c(C(O)C(O)CS)c1. The fourth-order valence-corrected chi connectivity index (χ4v) is 1.65. The lowest BCUT2D eigenvalue weighted by atomic mass is 10.0. The molecule has 1 rings (SSSR count). The second-order valence-electron chi connectivity index (χ2n) is 3.21. The molecule has 0 fully saturated rings. The van der Waals surface area contributed by atoms with Crippen LogP contribution in [0.15, 0.2) is 18.2 Å². The quantitative estimate of drug-likeness (QED) is 0.605. The van der Waals surface area contributed by atoms with E-state index >= 15 is 0 Å². The maximum atomic E-state index is 9.72. The molecule has 0 bridgehead atoms. The molecular weight excluding hydrogens is 236 g/mol. The highest BCUT2D eigenvalue weighted by molar-refractivity contribution is 7.80. The number of hydrogen-bond acceptors (Lipinski definition) is 4. The summed E-state index contributed by atoms with van der Waals surface area (Å²) in [5.41, 5.74) is 1.05. The first-order valence-electron chi connectivity index (χ1n) is 4.46. The molecule has 0 aliphatic rings. The molecule has 84 valence electrons. The van der Waals surface area contributed by atoms with Gasteiger partial charge in [0, 0.05) is 16.3 Å². The fourth-order valence-electron chi connectivity index (χ4n) is 1.23. The molecular formula is C10H13ClO3S. The van der Waals surface area contributed by atoms with Crippen LogP contribution in [0.2, 0.25) is 5.02 Å². The lowest BCUT2D eigenvalue weighted by Crippen LogP contribution is -2.20. The Morgan fingerprint density at radius 2 is 2.00 bits per heavy atom. The zero-order chi connectivity index (χ0) is 11.4. The summed E-state index contributed by atoms with van der Waals surface area (Å²) in [6.07, 6.45) is -2.05. The van der Waals surface area contributed by atoms with Gasteiger partial charge in [-0.15, -0.1) is 0 Å². The minimum atomic E-state index is -1.08. The zero-order valence-electron chi connectivity index (χ0n) is 7.97. The minimum Gasteiger partial charge on any atom is -0.392 e. The molecule has 1 aromatic carbocycles.